The maximum Gasteiger partial charge on any atom is 0.0353 e. The van der Waals surface area contributed by atoms with Crippen LogP contribution in [0.5, 0.6) is 0 Å². The van der Waals surface area contributed by atoms with E-state index in [1.54, 1.807) is 0 Å². The maximum absolute atomic E-state index is 3.24. The summed E-state index contributed by atoms with van der Waals surface area (Å²) in [5.41, 5.74) is 5.97. The van der Waals surface area contributed by atoms with Gasteiger partial charge in [0.25, 0.3) is 0 Å². The summed E-state index contributed by atoms with van der Waals surface area (Å²) in [6.45, 7) is 5.32. The largest absolute Gasteiger partial charge is 0.251 e. The molecule has 2 heteroatoms. The Bertz CT molecular complexity index is 262. The van der Waals surface area contributed by atoms with Crippen LogP contribution in [0.2, 0.25) is 0 Å². The lowest BCUT2D eigenvalue weighted by atomic mass is 10.0. The summed E-state index contributed by atoms with van der Waals surface area (Å²) in [5.74, 6) is 0.617. The Morgan fingerprint density at radius 3 is 2.14 bits per heavy atom. The molecule has 0 spiro atoms. The fraction of sp³-hybridized carbons (Fsp3) is 0.500. The number of nitrogens with zero attached hydrogens (tertiary/aromatic N) is 1. The monoisotopic (exact) mass is 192 g/mol. The van der Waals surface area contributed by atoms with Gasteiger partial charge in [0.2, 0.25) is 0 Å². The number of hydrogen-bond acceptors (Lipinski definition) is 2. The molecule has 0 fully saturated rings. The molecule has 0 aliphatic carbocycles. The van der Waals surface area contributed by atoms with Crippen molar-refractivity contribution in [2.24, 2.45) is 0 Å². The molecule has 14 heavy (non-hydrogen) atoms. The van der Waals surface area contributed by atoms with Crippen molar-refractivity contribution in [2.75, 3.05) is 14.1 Å². The summed E-state index contributed by atoms with van der Waals surface area (Å²) in [5, 5.41) is 1.97. The Balaban J connectivity index is 2.55. The standard InChI is InChI=1S/C12H20N2/c1-10(2)12-7-5-11(6-8-12)9-13-14(3)4/h5-8,10,13H,9H2,1-4H3. The zero-order chi connectivity index (χ0) is 10.6. The molecule has 2 nitrogen and oxygen atoms in total. The second kappa shape index (κ2) is 5.13. The second-order valence-corrected chi connectivity index (χ2v) is 4.13. The van der Waals surface area contributed by atoms with Gasteiger partial charge in [-0.05, 0) is 17.0 Å². The molecule has 0 bridgehead atoms. The molecule has 0 aromatic heterocycles. The van der Waals surface area contributed by atoms with Crippen LogP contribution in [0.4, 0.5) is 0 Å². The molecule has 0 aliphatic rings. The molecule has 0 saturated heterocycles. The van der Waals surface area contributed by atoms with E-state index in [0.29, 0.717) is 5.92 Å². The molecule has 0 amide bonds. The van der Waals surface area contributed by atoms with E-state index in [1.165, 1.54) is 11.1 Å². The van der Waals surface area contributed by atoms with Gasteiger partial charge in [0.1, 0.15) is 0 Å². The smallest absolute Gasteiger partial charge is 0.0353 e. The third kappa shape index (κ3) is 3.48. The average Bonchev–Trinajstić information content (AvgIpc) is 2.15. The van der Waals surface area contributed by atoms with Crippen molar-refractivity contribution in [1.29, 1.82) is 0 Å². The van der Waals surface area contributed by atoms with Gasteiger partial charge in [-0.1, -0.05) is 38.1 Å². The van der Waals surface area contributed by atoms with Crippen LogP contribution in [0.3, 0.4) is 0 Å². The van der Waals surface area contributed by atoms with E-state index in [9.17, 15) is 0 Å². The van der Waals surface area contributed by atoms with Gasteiger partial charge in [-0.25, -0.2) is 0 Å². The molecule has 1 rings (SSSR count). The van der Waals surface area contributed by atoms with Gasteiger partial charge in [0.15, 0.2) is 0 Å². The minimum absolute atomic E-state index is 0.617. The quantitative estimate of drug-likeness (QED) is 0.737. The molecule has 78 valence electrons. The number of nitrogens with one attached hydrogen (secondary N) is 1. The van der Waals surface area contributed by atoms with E-state index < -0.39 is 0 Å². The number of rotatable bonds is 4. The fourth-order valence-electron chi connectivity index (χ4n) is 1.27. The molecule has 0 unspecified atom stereocenters. The topological polar surface area (TPSA) is 15.3 Å². The van der Waals surface area contributed by atoms with E-state index in [0.717, 1.165) is 6.54 Å². The fourth-order valence-corrected chi connectivity index (χ4v) is 1.27. The summed E-state index contributed by atoms with van der Waals surface area (Å²) >= 11 is 0. The normalized spacial score (nSPS) is 11.3. The van der Waals surface area contributed by atoms with Crippen LogP contribution in [0.1, 0.15) is 30.9 Å². The van der Waals surface area contributed by atoms with Crippen LogP contribution in [0, 0.1) is 0 Å². The average molecular weight is 192 g/mol. The number of hydrogen-bond donors (Lipinski definition) is 1. The van der Waals surface area contributed by atoms with Crippen molar-refractivity contribution in [1.82, 2.24) is 10.4 Å². The van der Waals surface area contributed by atoms with E-state index in [4.69, 9.17) is 0 Å². The van der Waals surface area contributed by atoms with Gasteiger partial charge >= 0.3 is 0 Å². The molecule has 0 saturated carbocycles. The van der Waals surface area contributed by atoms with E-state index in [1.807, 2.05) is 19.1 Å². The van der Waals surface area contributed by atoms with Crippen molar-refractivity contribution in [3.05, 3.63) is 35.4 Å². The van der Waals surface area contributed by atoms with Crippen LogP contribution >= 0.6 is 0 Å². The van der Waals surface area contributed by atoms with Crippen molar-refractivity contribution in [3.8, 4) is 0 Å². The molecule has 1 N–H and O–H groups in total. The van der Waals surface area contributed by atoms with Gasteiger partial charge in [-0.3, -0.25) is 10.4 Å². The van der Waals surface area contributed by atoms with Gasteiger partial charge in [0.05, 0.1) is 0 Å². The van der Waals surface area contributed by atoms with Crippen molar-refractivity contribution >= 4 is 0 Å². The first kappa shape index (κ1) is 11.2. The van der Waals surface area contributed by atoms with Gasteiger partial charge in [-0.2, -0.15) is 0 Å². The summed E-state index contributed by atoms with van der Waals surface area (Å²) in [7, 11) is 4.00. The first-order chi connectivity index (χ1) is 6.59. The Morgan fingerprint density at radius 1 is 1.14 bits per heavy atom. The van der Waals surface area contributed by atoms with Crippen LogP contribution < -0.4 is 5.43 Å². The molecule has 1 aromatic carbocycles. The first-order valence-electron chi connectivity index (χ1n) is 5.09. The Hall–Kier alpha value is -0.860. The Morgan fingerprint density at radius 2 is 1.71 bits per heavy atom. The summed E-state index contributed by atoms with van der Waals surface area (Å²) in [4.78, 5) is 0. The predicted octanol–water partition coefficient (Wildman–Crippen LogP) is 2.38. The van der Waals surface area contributed by atoms with Crippen molar-refractivity contribution < 1.29 is 0 Å². The molecular formula is C12H20N2. The number of benzene rings is 1. The maximum atomic E-state index is 3.24. The molecule has 0 heterocycles. The summed E-state index contributed by atoms with van der Waals surface area (Å²) in [6, 6.07) is 8.78. The van der Waals surface area contributed by atoms with E-state index >= 15 is 0 Å². The SMILES string of the molecule is CC(C)c1ccc(CNN(C)C)cc1. The van der Waals surface area contributed by atoms with Crippen LogP contribution in [0.15, 0.2) is 24.3 Å². The molecule has 0 aliphatic heterocycles. The second-order valence-electron chi connectivity index (χ2n) is 4.13. The lowest BCUT2D eigenvalue weighted by molar-refractivity contribution is 0.286. The van der Waals surface area contributed by atoms with Crippen molar-refractivity contribution in [2.45, 2.75) is 26.3 Å². The highest BCUT2D eigenvalue weighted by Gasteiger charge is 1.98. The predicted molar refractivity (Wildman–Crippen MR) is 61.1 cm³/mol. The zero-order valence-electron chi connectivity index (χ0n) is 9.54. The van der Waals surface area contributed by atoms with Crippen LogP contribution in [-0.4, -0.2) is 19.1 Å². The summed E-state index contributed by atoms with van der Waals surface area (Å²) < 4.78 is 0. The first-order valence-corrected chi connectivity index (χ1v) is 5.09. The molecular weight excluding hydrogens is 172 g/mol. The lowest BCUT2D eigenvalue weighted by Gasteiger charge is -2.12. The highest BCUT2D eigenvalue weighted by molar-refractivity contribution is 5.24. The number of hydrazine groups is 1. The highest BCUT2D eigenvalue weighted by atomic mass is 15.5. The van der Waals surface area contributed by atoms with Gasteiger partial charge < -0.3 is 0 Å². The van der Waals surface area contributed by atoms with Crippen LogP contribution in [-0.2, 0) is 6.54 Å². The highest BCUT2D eigenvalue weighted by Crippen LogP contribution is 2.14. The molecule has 1 aromatic rings. The lowest BCUT2D eigenvalue weighted by Crippen LogP contribution is -2.29. The van der Waals surface area contributed by atoms with E-state index in [-0.39, 0.29) is 0 Å². The van der Waals surface area contributed by atoms with Crippen molar-refractivity contribution in [3.63, 3.8) is 0 Å². The Kier molecular flexibility index (Phi) is 4.11. The zero-order valence-corrected chi connectivity index (χ0v) is 9.54. The van der Waals surface area contributed by atoms with Crippen LogP contribution in [0.25, 0.3) is 0 Å². The Labute approximate surface area is 86.9 Å². The summed E-state index contributed by atoms with van der Waals surface area (Å²) in [6.07, 6.45) is 0. The minimum Gasteiger partial charge on any atom is -0.251 e. The molecule has 0 atom stereocenters. The third-order valence-electron chi connectivity index (χ3n) is 2.25. The minimum atomic E-state index is 0.617. The molecule has 0 radical (unpaired) electrons. The third-order valence-corrected chi connectivity index (χ3v) is 2.25. The van der Waals surface area contributed by atoms with Gasteiger partial charge in [0, 0.05) is 20.6 Å². The van der Waals surface area contributed by atoms with Gasteiger partial charge in [-0.15, -0.1) is 0 Å². The van der Waals surface area contributed by atoms with E-state index in [2.05, 4.69) is 43.5 Å².